The van der Waals surface area contributed by atoms with E-state index in [9.17, 15) is 13.2 Å². The number of halogens is 2. The second-order valence-electron chi connectivity index (χ2n) is 6.07. The normalized spacial score (nSPS) is 11.1. The molecule has 1 amide bonds. The maximum absolute atomic E-state index is 12.7. The highest BCUT2D eigenvalue weighted by molar-refractivity contribution is 7.92. The zero-order valence-corrected chi connectivity index (χ0v) is 17.2. The van der Waals surface area contributed by atoms with Gasteiger partial charge in [0, 0.05) is 22.0 Å². The van der Waals surface area contributed by atoms with Crippen LogP contribution in [-0.2, 0) is 16.6 Å². The lowest BCUT2D eigenvalue weighted by molar-refractivity contribution is 0.102. The number of amides is 1. The summed E-state index contributed by atoms with van der Waals surface area (Å²) >= 11 is 11.9. The average Bonchev–Trinajstić information content (AvgIpc) is 2.71. The summed E-state index contributed by atoms with van der Waals surface area (Å²) in [5.74, 6) is -0.425. The van der Waals surface area contributed by atoms with Crippen LogP contribution in [0.2, 0.25) is 10.0 Å². The lowest BCUT2D eigenvalue weighted by atomic mass is 10.1. The zero-order chi connectivity index (χ0) is 21.0. The highest BCUT2D eigenvalue weighted by Gasteiger charge is 2.19. The molecule has 9 heteroatoms. The Kier molecular flexibility index (Phi) is 6.44. The summed E-state index contributed by atoms with van der Waals surface area (Å²) in [6.45, 7) is -0.124. The highest BCUT2D eigenvalue weighted by Crippen LogP contribution is 2.27. The third-order valence-electron chi connectivity index (χ3n) is 3.97. The predicted molar refractivity (Wildman–Crippen MR) is 114 cm³/mol. The highest BCUT2D eigenvalue weighted by atomic mass is 35.5. The average molecular weight is 451 g/mol. The molecule has 0 aromatic heterocycles. The maximum Gasteiger partial charge on any atom is 0.263 e. The maximum atomic E-state index is 12.7. The van der Waals surface area contributed by atoms with Crippen molar-refractivity contribution in [1.82, 2.24) is 0 Å². The van der Waals surface area contributed by atoms with Crippen LogP contribution in [0.3, 0.4) is 0 Å². The third kappa shape index (κ3) is 5.27. The van der Waals surface area contributed by atoms with Crippen LogP contribution in [0.15, 0.2) is 71.6 Å². The van der Waals surface area contributed by atoms with Crippen LogP contribution in [0, 0.1) is 0 Å². The van der Waals surface area contributed by atoms with Gasteiger partial charge in [0.15, 0.2) is 0 Å². The molecule has 3 rings (SSSR count). The SMILES string of the molecule is O=C(Nc1ccc(Cl)c(S(=O)(=O)Nc2ccc(Cl)cc2)c1)c1ccc(CO)cc1. The molecular weight excluding hydrogens is 435 g/mol. The summed E-state index contributed by atoms with van der Waals surface area (Å²) in [6.07, 6.45) is 0. The molecule has 0 unspecified atom stereocenters. The Balaban J connectivity index is 1.83. The first-order valence-electron chi connectivity index (χ1n) is 8.37. The molecule has 0 heterocycles. The van der Waals surface area contributed by atoms with Crippen molar-refractivity contribution in [3.05, 3.63) is 87.9 Å². The van der Waals surface area contributed by atoms with Crippen molar-refractivity contribution in [2.45, 2.75) is 11.5 Å². The van der Waals surface area contributed by atoms with E-state index in [1.54, 1.807) is 36.4 Å². The lowest BCUT2D eigenvalue weighted by Gasteiger charge is -2.12. The van der Waals surface area contributed by atoms with E-state index in [4.69, 9.17) is 28.3 Å². The van der Waals surface area contributed by atoms with Gasteiger partial charge in [-0.3, -0.25) is 9.52 Å². The quantitative estimate of drug-likeness (QED) is 0.513. The third-order valence-corrected chi connectivity index (χ3v) is 6.09. The Morgan fingerprint density at radius 3 is 2.14 bits per heavy atom. The molecule has 150 valence electrons. The summed E-state index contributed by atoms with van der Waals surface area (Å²) in [4.78, 5) is 12.2. The summed E-state index contributed by atoms with van der Waals surface area (Å²) < 4.78 is 27.9. The lowest BCUT2D eigenvalue weighted by Crippen LogP contribution is -2.15. The van der Waals surface area contributed by atoms with Crippen molar-refractivity contribution >= 4 is 50.5 Å². The Hall–Kier alpha value is -2.58. The second kappa shape index (κ2) is 8.84. The number of carbonyl (C=O) groups excluding carboxylic acids is 1. The van der Waals surface area contributed by atoms with Gasteiger partial charge >= 0.3 is 0 Å². The van der Waals surface area contributed by atoms with E-state index >= 15 is 0 Å². The summed E-state index contributed by atoms with van der Waals surface area (Å²) in [5.41, 5.74) is 1.63. The van der Waals surface area contributed by atoms with Gasteiger partial charge in [-0.1, -0.05) is 35.3 Å². The fourth-order valence-electron chi connectivity index (χ4n) is 2.48. The van der Waals surface area contributed by atoms with Crippen molar-refractivity contribution < 1.29 is 18.3 Å². The van der Waals surface area contributed by atoms with Crippen LogP contribution in [0.5, 0.6) is 0 Å². The van der Waals surface area contributed by atoms with Crippen LogP contribution in [0.1, 0.15) is 15.9 Å². The predicted octanol–water partition coefficient (Wildman–Crippen LogP) is 4.54. The van der Waals surface area contributed by atoms with Gasteiger partial charge in [0.25, 0.3) is 15.9 Å². The Morgan fingerprint density at radius 2 is 1.52 bits per heavy atom. The number of benzene rings is 3. The minimum absolute atomic E-state index is 0.0109. The molecule has 0 aliphatic carbocycles. The molecule has 0 saturated carbocycles. The number of rotatable bonds is 6. The number of sulfonamides is 1. The molecule has 0 aliphatic rings. The number of carbonyl (C=O) groups is 1. The summed E-state index contributed by atoms with van der Waals surface area (Å²) in [6, 6.07) is 16.7. The topological polar surface area (TPSA) is 95.5 Å². The summed E-state index contributed by atoms with van der Waals surface area (Å²) in [7, 11) is -3.99. The first kappa shape index (κ1) is 21.1. The van der Waals surface area contributed by atoms with Gasteiger partial charge < -0.3 is 10.4 Å². The standard InChI is InChI=1S/C20H16Cl2N2O4S/c21-15-5-7-16(8-6-15)24-29(27,28)19-11-17(9-10-18(19)22)23-20(26)14-3-1-13(12-25)2-4-14/h1-11,24-25H,12H2,(H,23,26). The number of hydrogen-bond donors (Lipinski definition) is 3. The van der Waals surface area contributed by atoms with Crippen molar-refractivity contribution in [2.75, 3.05) is 10.0 Å². The first-order valence-corrected chi connectivity index (χ1v) is 10.6. The van der Waals surface area contributed by atoms with E-state index < -0.39 is 15.9 Å². The van der Waals surface area contributed by atoms with Gasteiger partial charge in [-0.2, -0.15) is 0 Å². The zero-order valence-electron chi connectivity index (χ0n) is 14.9. The molecule has 29 heavy (non-hydrogen) atoms. The molecule has 0 radical (unpaired) electrons. The molecule has 0 fully saturated rings. The van der Waals surface area contributed by atoms with Crippen molar-refractivity contribution in [3.8, 4) is 0 Å². The summed E-state index contributed by atoms with van der Waals surface area (Å²) in [5, 5.41) is 12.2. The molecule has 0 spiro atoms. The fraction of sp³-hybridized carbons (Fsp3) is 0.0500. The van der Waals surface area contributed by atoms with Gasteiger partial charge in [0.2, 0.25) is 0 Å². The van der Waals surface area contributed by atoms with E-state index in [0.29, 0.717) is 21.8 Å². The van der Waals surface area contributed by atoms with Crippen molar-refractivity contribution in [2.24, 2.45) is 0 Å². The number of aliphatic hydroxyl groups is 1. The van der Waals surface area contributed by atoms with Crippen LogP contribution in [0.4, 0.5) is 11.4 Å². The van der Waals surface area contributed by atoms with Gasteiger partial charge in [-0.05, 0) is 60.2 Å². The Labute approximate surface area is 178 Å². The molecule has 0 bridgehead atoms. The van der Waals surface area contributed by atoms with Crippen LogP contribution < -0.4 is 10.0 Å². The van der Waals surface area contributed by atoms with Gasteiger partial charge in [0.05, 0.1) is 11.6 Å². The van der Waals surface area contributed by atoms with Crippen molar-refractivity contribution in [1.29, 1.82) is 0 Å². The molecule has 6 nitrogen and oxygen atoms in total. The van der Waals surface area contributed by atoms with E-state index in [-0.39, 0.29) is 22.2 Å². The van der Waals surface area contributed by atoms with Gasteiger partial charge in [-0.25, -0.2) is 8.42 Å². The van der Waals surface area contributed by atoms with Crippen LogP contribution in [-0.4, -0.2) is 19.4 Å². The Bertz CT molecular complexity index is 1130. The molecule has 3 N–H and O–H groups in total. The number of anilines is 2. The number of hydrogen-bond acceptors (Lipinski definition) is 4. The van der Waals surface area contributed by atoms with E-state index in [0.717, 1.165) is 0 Å². The molecule has 3 aromatic carbocycles. The molecule has 0 atom stereocenters. The van der Waals surface area contributed by atoms with E-state index in [1.165, 1.54) is 30.3 Å². The Morgan fingerprint density at radius 1 is 0.897 bits per heavy atom. The number of nitrogens with one attached hydrogen (secondary N) is 2. The van der Waals surface area contributed by atoms with Crippen LogP contribution in [0.25, 0.3) is 0 Å². The first-order chi connectivity index (χ1) is 13.8. The van der Waals surface area contributed by atoms with E-state index in [2.05, 4.69) is 10.0 Å². The molecule has 0 saturated heterocycles. The van der Waals surface area contributed by atoms with Gasteiger partial charge in [-0.15, -0.1) is 0 Å². The number of aliphatic hydroxyl groups excluding tert-OH is 1. The molecular formula is C20H16Cl2N2O4S. The fourth-order valence-corrected chi connectivity index (χ4v) is 4.19. The smallest absolute Gasteiger partial charge is 0.263 e. The van der Waals surface area contributed by atoms with Crippen LogP contribution >= 0.6 is 23.2 Å². The van der Waals surface area contributed by atoms with Gasteiger partial charge in [0.1, 0.15) is 4.90 Å². The minimum atomic E-state index is -3.99. The second-order valence-corrected chi connectivity index (χ2v) is 8.56. The van der Waals surface area contributed by atoms with Crippen molar-refractivity contribution in [3.63, 3.8) is 0 Å². The molecule has 0 aliphatic heterocycles. The minimum Gasteiger partial charge on any atom is -0.392 e. The van der Waals surface area contributed by atoms with E-state index in [1.807, 2.05) is 0 Å². The largest absolute Gasteiger partial charge is 0.392 e. The monoisotopic (exact) mass is 450 g/mol. The molecule has 3 aromatic rings.